The van der Waals surface area contributed by atoms with E-state index in [0.29, 0.717) is 28.1 Å². The predicted molar refractivity (Wildman–Crippen MR) is 111 cm³/mol. The molecule has 6 heteroatoms. The maximum Gasteiger partial charge on any atom is 0.266 e. The second-order valence-electron chi connectivity index (χ2n) is 5.91. The van der Waals surface area contributed by atoms with Crippen LogP contribution in [0.2, 0.25) is 0 Å². The van der Waals surface area contributed by atoms with Crippen molar-refractivity contribution < 1.29 is 14.3 Å². The number of amides is 1. The zero-order valence-electron chi connectivity index (χ0n) is 15.6. The summed E-state index contributed by atoms with van der Waals surface area (Å²) >= 11 is 1.39. The molecule has 0 aromatic heterocycles. The van der Waals surface area contributed by atoms with Gasteiger partial charge < -0.3 is 9.47 Å². The van der Waals surface area contributed by atoms with Gasteiger partial charge in [0, 0.05) is 18.2 Å². The van der Waals surface area contributed by atoms with Crippen LogP contribution in [0.5, 0.6) is 11.5 Å². The summed E-state index contributed by atoms with van der Waals surface area (Å²) in [6.45, 7) is 2.68. The number of ether oxygens (including phenoxy) is 2. The molecule has 3 rings (SSSR count). The average molecular weight is 382 g/mol. The van der Waals surface area contributed by atoms with Gasteiger partial charge in [0.1, 0.15) is 11.5 Å². The van der Waals surface area contributed by atoms with Crippen LogP contribution >= 0.6 is 11.8 Å². The molecular formula is C21H22N2O3S. The third-order valence-electron chi connectivity index (χ3n) is 4.04. The number of para-hydroxylation sites is 1. The van der Waals surface area contributed by atoms with E-state index in [1.54, 1.807) is 25.2 Å². The van der Waals surface area contributed by atoms with Crippen molar-refractivity contribution in [3.63, 3.8) is 0 Å². The summed E-state index contributed by atoms with van der Waals surface area (Å²) in [5.41, 5.74) is 1.66. The number of amidine groups is 1. The lowest BCUT2D eigenvalue weighted by atomic mass is 10.1. The molecule has 1 amide bonds. The fourth-order valence-corrected chi connectivity index (χ4v) is 3.72. The minimum Gasteiger partial charge on any atom is -0.497 e. The minimum absolute atomic E-state index is 0.0330. The van der Waals surface area contributed by atoms with Gasteiger partial charge in [0.2, 0.25) is 0 Å². The molecule has 1 aliphatic heterocycles. The maximum atomic E-state index is 12.9. The van der Waals surface area contributed by atoms with Gasteiger partial charge in [-0.1, -0.05) is 25.1 Å². The van der Waals surface area contributed by atoms with Crippen LogP contribution in [0.1, 0.15) is 18.9 Å². The van der Waals surface area contributed by atoms with Gasteiger partial charge in [0.15, 0.2) is 5.17 Å². The summed E-state index contributed by atoms with van der Waals surface area (Å²) in [7, 11) is 3.21. The van der Waals surface area contributed by atoms with Gasteiger partial charge in [-0.25, -0.2) is 4.99 Å². The second kappa shape index (κ2) is 8.77. The Morgan fingerprint density at radius 3 is 2.56 bits per heavy atom. The number of carbonyl (C=O) groups is 1. The Balaban J connectivity index is 1.96. The lowest BCUT2D eigenvalue weighted by Crippen LogP contribution is -2.29. The first-order chi connectivity index (χ1) is 13.2. The molecule has 1 aliphatic rings. The summed E-state index contributed by atoms with van der Waals surface area (Å²) in [4.78, 5) is 19.9. The van der Waals surface area contributed by atoms with Crippen molar-refractivity contribution in [1.82, 2.24) is 4.90 Å². The highest BCUT2D eigenvalue weighted by atomic mass is 32.2. The predicted octanol–water partition coefficient (Wildman–Crippen LogP) is 4.72. The Morgan fingerprint density at radius 2 is 1.89 bits per heavy atom. The van der Waals surface area contributed by atoms with Gasteiger partial charge in [-0.15, -0.1) is 0 Å². The first kappa shape index (κ1) is 19.0. The first-order valence-electron chi connectivity index (χ1n) is 8.73. The van der Waals surface area contributed by atoms with E-state index in [0.717, 1.165) is 17.7 Å². The van der Waals surface area contributed by atoms with Crippen LogP contribution in [-0.4, -0.2) is 36.7 Å². The van der Waals surface area contributed by atoms with Crippen LogP contribution in [-0.2, 0) is 4.79 Å². The number of benzene rings is 2. The van der Waals surface area contributed by atoms with Crippen molar-refractivity contribution in [2.45, 2.75) is 13.3 Å². The molecule has 0 unspecified atom stereocenters. The van der Waals surface area contributed by atoms with Crippen LogP contribution in [0.4, 0.5) is 5.69 Å². The molecule has 1 saturated heterocycles. The quantitative estimate of drug-likeness (QED) is 0.679. The molecule has 1 heterocycles. The molecule has 27 heavy (non-hydrogen) atoms. The van der Waals surface area contributed by atoms with Gasteiger partial charge in [-0.3, -0.25) is 9.69 Å². The Labute approximate surface area is 163 Å². The van der Waals surface area contributed by atoms with Gasteiger partial charge in [0.05, 0.1) is 24.8 Å². The van der Waals surface area contributed by atoms with Crippen LogP contribution in [0.15, 0.2) is 58.4 Å². The summed E-state index contributed by atoms with van der Waals surface area (Å²) in [5, 5.41) is 0.701. The van der Waals surface area contributed by atoms with Gasteiger partial charge >= 0.3 is 0 Å². The van der Waals surface area contributed by atoms with Crippen LogP contribution < -0.4 is 9.47 Å². The Kier molecular flexibility index (Phi) is 6.19. The van der Waals surface area contributed by atoms with E-state index in [1.165, 1.54) is 11.8 Å². The van der Waals surface area contributed by atoms with E-state index in [1.807, 2.05) is 55.5 Å². The SMILES string of the molecule is CCCN1C(=O)C(=Cc2ccc(OC)cc2OC)SC1=Nc1ccccc1. The number of thioether (sulfide) groups is 1. The molecule has 5 nitrogen and oxygen atoms in total. The summed E-state index contributed by atoms with van der Waals surface area (Å²) in [5.74, 6) is 1.33. The van der Waals surface area contributed by atoms with Gasteiger partial charge in [-0.2, -0.15) is 0 Å². The number of methoxy groups -OCH3 is 2. The van der Waals surface area contributed by atoms with E-state index in [-0.39, 0.29) is 5.91 Å². The van der Waals surface area contributed by atoms with Crippen molar-refractivity contribution in [1.29, 1.82) is 0 Å². The molecular weight excluding hydrogens is 360 g/mol. The smallest absolute Gasteiger partial charge is 0.266 e. The van der Waals surface area contributed by atoms with Gasteiger partial charge in [-0.05, 0) is 48.5 Å². The summed E-state index contributed by atoms with van der Waals surface area (Å²) in [6.07, 6.45) is 2.71. The van der Waals surface area contributed by atoms with Crippen LogP contribution in [0.3, 0.4) is 0 Å². The van der Waals surface area contributed by atoms with Crippen molar-refractivity contribution in [3.05, 3.63) is 59.0 Å². The lowest BCUT2D eigenvalue weighted by Gasteiger charge is -2.13. The number of rotatable bonds is 6. The van der Waals surface area contributed by atoms with Crippen molar-refractivity contribution in [3.8, 4) is 11.5 Å². The Hall–Kier alpha value is -2.73. The van der Waals surface area contributed by atoms with E-state index >= 15 is 0 Å². The number of carbonyl (C=O) groups excluding carboxylic acids is 1. The molecule has 2 aromatic rings. The largest absolute Gasteiger partial charge is 0.497 e. The molecule has 0 radical (unpaired) electrons. The third kappa shape index (κ3) is 4.34. The minimum atomic E-state index is -0.0330. The molecule has 0 N–H and O–H groups in total. The number of aliphatic imine (C=N–C) groups is 1. The molecule has 1 fully saturated rings. The normalized spacial score (nSPS) is 17.0. The molecule has 0 atom stereocenters. The molecule has 140 valence electrons. The maximum absolute atomic E-state index is 12.9. The van der Waals surface area contributed by atoms with Crippen molar-refractivity contribution in [2.75, 3.05) is 20.8 Å². The summed E-state index contributed by atoms with van der Waals surface area (Å²) < 4.78 is 10.7. The standard InChI is InChI=1S/C21H22N2O3S/c1-4-12-23-20(24)19(27-21(23)22-16-8-6-5-7-9-16)13-15-10-11-17(25-2)14-18(15)26-3/h5-11,13-14H,4,12H2,1-3H3. The molecule has 0 aliphatic carbocycles. The summed E-state index contributed by atoms with van der Waals surface area (Å²) in [6, 6.07) is 15.2. The van der Waals surface area contributed by atoms with Gasteiger partial charge in [0.25, 0.3) is 5.91 Å². The molecule has 0 bridgehead atoms. The monoisotopic (exact) mass is 382 g/mol. The number of hydrogen-bond donors (Lipinski definition) is 0. The zero-order chi connectivity index (χ0) is 19.2. The Bertz CT molecular complexity index is 878. The van der Waals surface area contributed by atoms with E-state index in [2.05, 4.69) is 4.99 Å². The number of hydrogen-bond acceptors (Lipinski definition) is 5. The molecule has 0 spiro atoms. The lowest BCUT2D eigenvalue weighted by molar-refractivity contribution is -0.122. The first-order valence-corrected chi connectivity index (χ1v) is 9.55. The molecule has 2 aromatic carbocycles. The fourth-order valence-electron chi connectivity index (χ4n) is 2.70. The highest BCUT2D eigenvalue weighted by molar-refractivity contribution is 8.18. The van der Waals surface area contributed by atoms with Crippen LogP contribution in [0, 0.1) is 0 Å². The Morgan fingerprint density at radius 1 is 1.11 bits per heavy atom. The van der Waals surface area contributed by atoms with E-state index in [4.69, 9.17) is 9.47 Å². The molecule has 0 saturated carbocycles. The van der Waals surface area contributed by atoms with Crippen molar-refractivity contribution in [2.24, 2.45) is 4.99 Å². The van der Waals surface area contributed by atoms with Crippen molar-refractivity contribution >= 4 is 34.6 Å². The zero-order valence-corrected chi connectivity index (χ0v) is 16.5. The van der Waals surface area contributed by atoms with Crippen LogP contribution in [0.25, 0.3) is 6.08 Å². The number of nitrogens with zero attached hydrogens (tertiary/aromatic N) is 2. The fraction of sp³-hybridized carbons (Fsp3) is 0.238. The highest BCUT2D eigenvalue weighted by Crippen LogP contribution is 2.36. The second-order valence-corrected chi connectivity index (χ2v) is 6.91. The highest BCUT2D eigenvalue weighted by Gasteiger charge is 2.33. The van der Waals surface area contributed by atoms with E-state index in [9.17, 15) is 4.79 Å². The topological polar surface area (TPSA) is 51.1 Å². The average Bonchev–Trinajstić information content (AvgIpc) is 2.98. The van der Waals surface area contributed by atoms with E-state index < -0.39 is 0 Å². The third-order valence-corrected chi connectivity index (χ3v) is 5.05.